The highest BCUT2D eigenvalue weighted by atomic mass is 16.5. The molecule has 1 N–H and O–H groups in total. The van der Waals surface area contributed by atoms with E-state index in [1.165, 1.54) is 0 Å². The van der Waals surface area contributed by atoms with Gasteiger partial charge in [-0.05, 0) is 30.2 Å². The first-order valence-corrected chi connectivity index (χ1v) is 8.06. The average molecular weight is 313 g/mol. The molecule has 1 unspecified atom stereocenters. The third-order valence-electron chi connectivity index (χ3n) is 5.01. The van der Waals surface area contributed by atoms with Crippen LogP contribution in [0, 0.1) is 0 Å². The number of ether oxygens (including phenoxy) is 1. The van der Waals surface area contributed by atoms with E-state index in [1.54, 1.807) is 0 Å². The van der Waals surface area contributed by atoms with Crippen molar-refractivity contribution < 1.29 is 9.53 Å². The van der Waals surface area contributed by atoms with E-state index in [0.717, 1.165) is 33.9 Å². The Balaban J connectivity index is 1.75. The minimum Gasteiger partial charge on any atom is -0.456 e. The largest absolute Gasteiger partial charge is 0.456 e. The molecule has 2 aliphatic heterocycles. The Kier molecular flexibility index (Phi) is 2.63. The number of rotatable bonds is 0. The summed E-state index contributed by atoms with van der Waals surface area (Å²) in [4.78, 5) is 13.0. The summed E-state index contributed by atoms with van der Waals surface area (Å²) in [5.74, 6) is 1.57. The van der Waals surface area contributed by atoms with Crippen LogP contribution in [0.3, 0.4) is 0 Å². The van der Waals surface area contributed by atoms with Gasteiger partial charge < -0.3 is 10.1 Å². The molecule has 1 aliphatic carbocycles. The van der Waals surface area contributed by atoms with Crippen molar-refractivity contribution in [1.82, 2.24) is 0 Å². The zero-order valence-corrected chi connectivity index (χ0v) is 13.0. The number of fused-ring (bicyclic) bond motifs is 4. The summed E-state index contributed by atoms with van der Waals surface area (Å²) in [6.45, 7) is 0. The molecule has 0 saturated carbocycles. The van der Waals surface area contributed by atoms with Gasteiger partial charge >= 0.3 is 0 Å². The fourth-order valence-corrected chi connectivity index (χ4v) is 3.85. The van der Waals surface area contributed by atoms with Gasteiger partial charge in [0, 0.05) is 16.8 Å². The lowest BCUT2D eigenvalue weighted by molar-refractivity contribution is -0.119. The Bertz CT molecular complexity index is 967. The van der Waals surface area contributed by atoms with E-state index in [-0.39, 0.29) is 5.91 Å². The van der Waals surface area contributed by atoms with Crippen molar-refractivity contribution in [3.05, 3.63) is 89.2 Å². The molecule has 0 saturated heterocycles. The van der Waals surface area contributed by atoms with Crippen molar-refractivity contribution in [3.8, 4) is 5.75 Å². The normalized spacial score (nSPS) is 23.2. The monoisotopic (exact) mass is 313 g/mol. The number of anilines is 1. The summed E-state index contributed by atoms with van der Waals surface area (Å²) in [5, 5.41) is 3.04. The summed E-state index contributed by atoms with van der Waals surface area (Å²) in [5.41, 5.74) is 3.14. The second-order valence-corrected chi connectivity index (χ2v) is 6.26. The first-order valence-electron chi connectivity index (χ1n) is 8.06. The van der Waals surface area contributed by atoms with Gasteiger partial charge in [0.25, 0.3) is 0 Å². The van der Waals surface area contributed by atoms with Crippen LogP contribution in [0.15, 0.2) is 78.1 Å². The predicted octanol–water partition coefficient (Wildman–Crippen LogP) is 4.20. The molecule has 24 heavy (non-hydrogen) atoms. The molecule has 3 nitrogen and oxygen atoms in total. The molecule has 1 spiro atoms. The Morgan fingerprint density at radius 3 is 2.75 bits per heavy atom. The van der Waals surface area contributed by atoms with E-state index in [1.807, 2.05) is 72.8 Å². The van der Waals surface area contributed by atoms with Crippen LogP contribution in [0.25, 0.3) is 6.08 Å². The van der Waals surface area contributed by atoms with E-state index in [0.29, 0.717) is 6.42 Å². The summed E-state index contributed by atoms with van der Waals surface area (Å²) >= 11 is 0. The molecule has 2 aromatic rings. The Hall–Kier alpha value is -3.07. The van der Waals surface area contributed by atoms with Crippen LogP contribution in [-0.2, 0) is 10.2 Å². The summed E-state index contributed by atoms with van der Waals surface area (Å²) in [6.07, 6.45) is 8.71. The van der Waals surface area contributed by atoms with E-state index in [4.69, 9.17) is 4.74 Å². The number of carbonyl (C=O) groups excluding carboxylic acids is 1. The van der Waals surface area contributed by atoms with Crippen LogP contribution in [0.4, 0.5) is 5.69 Å². The second kappa shape index (κ2) is 4.71. The van der Waals surface area contributed by atoms with Gasteiger partial charge in [-0.25, -0.2) is 0 Å². The first-order chi connectivity index (χ1) is 11.8. The molecule has 1 atom stereocenters. The van der Waals surface area contributed by atoms with E-state index in [9.17, 15) is 4.79 Å². The van der Waals surface area contributed by atoms with E-state index >= 15 is 0 Å². The van der Waals surface area contributed by atoms with E-state index < -0.39 is 5.41 Å². The number of para-hydroxylation sites is 2. The highest BCUT2D eigenvalue weighted by Gasteiger charge is 2.50. The quantitative estimate of drug-likeness (QED) is 0.792. The van der Waals surface area contributed by atoms with Gasteiger partial charge in [0.05, 0.1) is 0 Å². The molecule has 5 rings (SSSR count). The predicted molar refractivity (Wildman–Crippen MR) is 93.6 cm³/mol. The number of nitrogens with one attached hydrogen (secondary N) is 1. The van der Waals surface area contributed by atoms with Crippen molar-refractivity contribution in [2.45, 2.75) is 11.8 Å². The molecule has 0 bridgehead atoms. The minimum atomic E-state index is -0.709. The maximum absolute atomic E-state index is 13.0. The first kappa shape index (κ1) is 13.4. The van der Waals surface area contributed by atoms with Gasteiger partial charge in [-0.3, -0.25) is 4.79 Å². The van der Waals surface area contributed by atoms with Gasteiger partial charge in [0.2, 0.25) is 5.91 Å². The van der Waals surface area contributed by atoms with Gasteiger partial charge in [-0.15, -0.1) is 0 Å². The highest BCUT2D eigenvalue weighted by Crippen LogP contribution is 2.50. The van der Waals surface area contributed by atoms with Gasteiger partial charge in [0.15, 0.2) is 0 Å². The van der Waals surface area contributed by atoms with Crippen molar-refractivity contribution in [1.29, 1.82) is 0 Å². The van der Waals surface area contributed by atoms with Gasteiger partial charge in [-0.2, -0.15) is 0 Å². The summed E-state index contributed by atoms with van der Waals surface area (Å²) in [7, 11) is 0. The molecular weight excluding hydrogens is 298 g/mol. The molecule has 1 amide bonds. The maximum Gasteiger partial charge on any atom is 0.240 e. The van der Waals surface area contributed by atoms with E-state index in [2.05, 4.69) is 5.32 Å². The lowest BCUT2D eigenvalue weighted by Crippen LogP contribution is -2.38. The molecule has 3 heteroatoms. The third-order valence-corrected chi connectivity index (χ3v) is 5.01. The molecule has 0 fully saturated rings. The fourth-order valence-electron chi connectivity index (χ4n) is 3.85. The number of hydrogen-bond donors (Lipinski definition) is 1. The third kappa shape index (κ3) is 1.64. The highest BCUT2D eigenvalue weighted by molar-refractivity contribution is 6.09. The molecule has 116 valence electrons. The van der Waals surface area contributed by atoms with Crippen LogP contribution in [0.5, 0.6) is 5.75 Å². The standard InChI is InChI=1S/C21H15NO2/c23-20-21(15-7-2-3-8-17(15)22-20)13-5-10-19-16(21)12-11-14-6-1-4-9-18(14)24-19/h1-12H,13H2,(H,22,23). The van der Waals surface area contributed by atoms with Crippen LogP contribution in [-0.4, -0.2) is 5.91 Å². The molecule has 3 aliphatic rings. The molecule has 2 heterocycles. The molecule has 0 aromatic heterocycles. The number of amides is 1. The Morgan fingerprint density at radius 2 is 1.79 bits per heavy atom. The van der Waals surface area contributed by atoms with Gasteiger partial charge in [-0.1, -0.05) is 54.6 Å². The lowest BCUT2D eigenvalue weighted by Gasteiger charge is -2.31. The fraction of sp³-hybridized carbons (Fsp3) is 0.0952. The Labute approximate surface area is 140 Å². The molecule has 2 aromatic carbocycles. The number of benzene rings is 2. The lowest BCUT2D eigenvalue weighted by atomic mass is 9.70. The smallest absolute Gasteiger partial charge is 0.240 e. The summed E-state index contributed by atoms with van der Waals surface area (Å²) in [6, 6.07) is 15.8. The van der Waals surface area contributed by atoms with Crippen LogP contribution in [0.1, 0.15) is 17.5 Å². The van der Waals surface area contributed by atoms with Gasteiger partial charge in [0.1, 0.15) is 16.9 Å². The molecular formula is C21H15NO2. The zero-order valence-electron chi connectivity index (χ0n) is 13.0. The maximum atomic E-state index is 13.0. The number of carbonyl (C=O) groups is 1. The SMILES string of the molecule is O=C1Nc2ccccc2C12CC=CC1=C2C=Cc2ccccc2O1. The summed E-state index contributed by atoms with van der Waals surface area (Å²) < 4.78 is 6.16. The molecule has 0 radical (unpaired) electrons. The van der Waals surface area contributed by atoms with Crippen molar-refractivity contribution in [2.24, 2.45) is 0 Å². The van der Waals surface area contributed by atoms with Crippen molar-refractivity contribution in [3.63, 3.8) is 0 Å². The average Bonchev–Trinajstić information content (AvgIpc) is 2.77. The Morgan fingerprint density at radius 1 is 0.958 bits per heavy atom. The van der Waals surface area contributed by atoms with Crippen LogP contribution >= 0.6 is 0 Å². The second-order valence-electron chi connectivity index (χ2n) is 6.26. The zero-order chi connectivity index (χ0) is 16.1. The number of allylic oxidation sites excluding steroid dienone is 3. The minimum absolute atomic E-state index is 0.0137. The van der Waals surface area contributed by atoms with Crippen molar-refractivity contribution >= 4 is 17.7 Å². The number of hydrogen-bond acceptors (Lipinski definition) is 2. The van der Waals surface area contributed by atoms with Crippen LogP contribution < -0.4 is 10.1 Å². The topological polar surface area (TPSA) is 38.3 Å². The van der Waals surface area contributed by atoms with Crippen molar-refractivity contribution in [2.75, 3.05) is 5.32 Å². The van der Waals surface area contributed by atoms with Crippen LogP contribution in [0.2, 0.25) is 0 Å².